The Morgan fingerprint density at radius 1 is 1.41 bits per heavy atom. The van der Waals surface area contributed by atoms with E-state index in [1.807, 2.05) is 0 Å². The van der Waals surface area contributed by atoms with Crippen LogP contribution in [0.4, 0.5) is 5.69 Å². The van der Waals surface area contributed by atoms with Gasteiger partial charge in [0.15, 0.2) is 0 Å². The van der Waals surface area contributed by atoms with Crippen molar-refractivity contribution in [2.45, 2.75) is 6.42 Å². The van der Waals surface area contributed by atoms with Gasteiger partial charge in [-0.1, -0.05) is 0 Å². The monoisotopic (exact) mass is 261 g/mol. The first-order chi connectivity index (χ1) is 7.92. The van der Waals surface area contributed by atoms with Gasteiger partial charge < -0.3 is 15.2 Å². The summed E-state index contributed by atoms with van der Waals surface area (Å²) in [7, 11) is -2.43. The fourth-order valence-corrected chi connectivity index (χ4v) is 1.70. The van der Waals surface area contributed by atoms with E-state index in [1.54, 1.807) is 18.2 Å². The van der Waals surface area contributed by atoms with Gasteiger partial charge in [0.25, 0.3) is 10.1 Å². The summed E-state index contributed by atoms with van der Waals surface area (Å²) in [6.07, 6.45) is 0.214. The third-order valence-corrected chi connectivity index (χ3v) is 2.82. The molecular formula is C10H15NO5S. The van der Waals surface area contributed by atoms with Crippen molar-refractivity contribution < 1.29 is 22.4 Å². The Labute approximate surface area is 100 Å². The van der Waals surface area contributed by atoms with E-state index in [0.29, 0.717) is 17.2 Å². The van der Waals surface area contributed by atoms with E-state index in [1.165, 1.54) is 7.11 Å². The molecule has 1 rings (SSSR count). The van der Waals surface area contributed by atoms with Crippen molar-refractivity contribution in [2.24, 2.45) is 0 Å². The molecule has 1 aromatic rings. The molecule has 0 aliphatic carbocycles. The van der Waals surface area contributed by atoms with Crippen LogP contribution in [-0.4, -0.2) is 32.4 Å². The van der Waals surface area contributed by atoms with Crippen LogP contribution in [0, 0.1) is 0 Å². The summed E-state index contributed by atoms with van der Waals surface area (Å²) < 4.78 is 39.7. The van der Waals surface area contributed by atoms with Crippen LogP contribution in [-0.2, 0) is 10.1 Å². The maximum absolute atomic E-state index is 10.5. The van der Waals surface area contributed by atoms with Crippen molar-refractivity contribution in [1.29, 1.82) is 0 Å². The molecule has 1 aromatic carbocycles. The Morgan fingerprint density at radius 2 is 2.12 bits per heavy atom. The van der Waals surface area contributed by atoms with Crippen molar-refractivity contribution in [2.75, 3.05) is 25.2 Å². The highest BCUT2D eigenvalue weighted by Crippen LogP contribution is 2.26. The van der Waals surface area contributed by atoms with Gasteiger partial charge in [0.05, 0.1) is 25.2 Å². The summed E-state index contributed by atoms with van der Waals surface area (Å²) >= 11 is 0. The minimum atomic E-state index is -3.92. The molecule has 6 nitrogen and oxygen atoms in total. The first-order valence-electron chi connectivity index (χ1n) is 4.94. The lowest BCUT2D eigenvalue weighted by Gasteiger charge is -2.09. The summed E-state index contributed by atoms with van der Waals surface area (Å²) in [5.41, 5.74) is 6.12. The van der Waals surface area contributed by atoms with Crippen LogP contribution in [0.5, 0.6) is 11.5 Å². The van der Waals surface area contributed by atoms with Gasteiger partial charge in [-0.05, 0) is 18.6 Å². The number of nitrogen functional groups attached to an aromatic ring is 1. The van der Waals surface area contributed by atoms with E-state index >= 15 is 0 Å². The standard InChI is InChI=1S/C10H15NO5S/c1-15-10-7-8(3-4-9(10)11)16-5-2-6-17(12,13)14/h3-4,7H,2,5-6,11H2,1H3,(H,12,13,14). The predicted octanol–water partition coefficient (Wildman–Crippen LogP) is 0.934. The molecule has 0 saturated heterocycles. The molecule has 0 fully saturated rings. The summed E-state index contributed by atoms with van der Waals surface area (Å²) in [5, 5.41) is 0. The molecule has 0 unspecified atom stereocenters. The van der Waals surface area contributed by atoms with Gasteiger partial charge in [-0.25, -0.2) is 0 Å². The van der Waals surface area contributed by atoms with Gasteiger partial charge in [0.2, 0.25) is 0 Å². The summed E-state index contributed by atoms with van der Waals surface area (Å²) in [5.74, 6) is 0.711. The maximum atomic E-state index is 10.5. The summed E-state index contributed by atoms with van der Waals surface area (Å²) in [6, 6.07) is 4.91. The third-order valence-electron chi connectivity index (χ3n) is 2.02. The Morgan fingerprint density at radius 3 is 2.71 bits per heavy atom. The van der Waals surface area contributed by atoms with E-state index in [2.05, 4.69) is 0 Å². The highest BCUT2D eigenvalue weighted by Gasteiger charge is 2.05. The first kappa shape index (κ1) is 13.6. The lowest BCUT2D eigenvalue weighted by atomic mass is 10.3. The molecule has 0 radical (unpaired) electrons. The van der Waals surface area contributed by atoms with Crippen LogP contribution in [0.15, 0.2) is 18.2 Å². The molecule has 17 heavy (non-hydrogen) atoms. The lowest BCUT2D eigenvalue weighted by molar-refractivity contribution is 0.313. The van der Waals surface area contributed by atoms with Crippen LogP contribution in [0.1, 0.15) is 6.42 Å². The van der Waals surface area contributed by atoms with Crippen LogP contribution in [0.2, 0.25) is 0 Å². The lowest BCUT2D eigenvalue weighted by Crippen LogP contribution is -2.08. The highest BCUT2D eigenvalue weighted by molar-refractivity contribution is 7.85. The second-order valence-corrected chi connectivity index (χ2v) is 4.96. The third kappa shape index (κ3) is 4.92. The first-order valence-corrected chi connectivity index (χ1v) is 6.55. The summed E-state index contributed by atoms with van der Waals surface area (Å²) in [4.78, 5) is 0. The average molecular weight is 261 g/mol. The number of nitrogens with two attached hydrogens (primary N) is 1. The zero-order valence-corrected chi connectivity index (χ0v) is 10.2. The number of methoxy groups -OCH3 is 1. The zero-order chi connectivity index (χ0) is 12.9. The number of hydrogen-bond donors (Lipinski definition) is 2. The molecule has 0 spiro atoms. The minimum absolute atomic E-state index is 0.187. The smallest absolute Gasteiger partial charge is 0.264 e. The van der Waals surface area contributed by atoms with Crippen LogP contribution >= 0.6 is 0 Å². The van der Waals surface area contributed by atoms with Crippen molar-refractivity contribution in [1.82, 2.24) is 0 Å². The zero-order valence-electron chi connectivity index (χ0n) is 9.42. The van der Waals surface area contributed by atoms with Crippen molar-refractivity contribution >= 4 is 15.8 Å². The molecule has 0 heterocycles. The predicted molar refractivity (Wildman–Crippen MR) is 63.9 cm³/mol. The Balaban J connectivity index is 2.47. The number of rotatable bonds is 6. The highest BCUT2D eigenvalue weighted by atomic mass is 32.2. The molecule has 0 bridgehead atoms. The van der Waals surface area contributed by atoms with Gasteiger partial charge in [0, 0.05) is 6.07 Å². The maximum Gasteiger partial charge on any atom is 0.264 e. The molecule has 0 aliphatic rings. The number of benzene rings is 1. The van der Waals surface area contributed by atoms with Gasteiger partial charge >= 0.3 is 0 Å². The van der Waals surface area contributed by atoms with E-state index in [-0.39, 0.29) is 18.8 Å². The molecule has 96 valence electrons. The minimum Gasteiger partial charge on any atom is -0.494 e. The average Bonchev–Trinajstić information content (AvgIpc) is 2.25. The number of anilines is 1. The van der Waals surface area contributed by atoms with Crippen LogP contribution in [0.25, 0.3) is 0 Å². The SMILES string of the molecule is COc1cc(OCCCS(=O)(=O)O)ccc1N. The fourth-order valence-electron chi connectivity index (χ4n) is 1.21. The molecule has 0 amide bonds. The van der Waals surface area contributed by atoms with Crippen molar-refractivity contribution in [3.05, 3.63) is 18.2 Å². The van der Waals surface area contributed by atoms with Gasteiger partial charge in [-0.3, -0.25) is 4.55 Å². The normalized spacial score (nSPS) is 11.2. The second kappa shape index (κ2) is 5.74. The number of hydrogen-bond acceptors (Lipinski definition) is 5. The molecule has 0 saturated carbocycles. The molecule has 0 atom stereocenters. The van der Waals surface area contributed by atoms with Gasteiger partial charge in [-0.2, -0.15) is 8.42 Å². The Kier molecular flexibility index (Phi) is 4.59. The largest absolute Gasteiger partial charge is 0.494 e. The quantitative estimate of drug-likeness (QED) is 0.449. The van der Waals surface area contributed by atoms with E-state index in [0.717, 1.165) is 0 Å². The van der Waals surface area contributed by atoms with E-state index in [4.69, 9.17) is 19.8 Å². The number of ether oxygens (including phenoxy) is 2. The molecule has 7 heteroatoms. The van der Waals surface area contributed by atoms with Gasteiger partial charge in [0.1, 0.15) is 11.5 Å². The van der Waals surface area contributed by atoms with Gasteiger partial charge in [-0.15, -0.1) is 0 Å². The molecular weight excluding hydrogens is 246 g/mol. The topological polar surface area (TPSA) is 98.8 Å². The fraction of sp³-hybridized carbons (Fsp3) is 0.400. The molecule has 3 N–H and O–H groups in total. The summed E-state index contributed by atoms with van der Waals surface area (Å²) in [6.45, 7) is 0.187. The molecule has 0 aromatic heterocycles. The van der Waals surface area contributed by atoms with Crippen LogP contribution < -0.4 is 15.2 Å². The Bertz CT molecular complexity index is 472. The van der Waals surface area contributed by atoms with E-state index < -0.39 is 10.1 Å². The van der Waals surface area contributed by atoms with Crippen molar-refractivity contribution in [3.8, 4) is 11.5 Å². The van der Waals surface area contributed by atoms with E-state index in [9.17, 15) is 8.42 Å². The molecule has 0 aliphatic heterocycles. The van der Waals surface area contributed by atoms with Crippen molar-refractivity contribution in [3.63, 3.8) is 0 Å². The van der Waals surface area contributed by atoms with Crippen LogP contribution in [0.3, 0.4) is 0 Å². The second-order valence-electron chi connectivity index (χ2n) is 3.39. The Hall–Kier alpha value is -1.47.